The fraction of sp³-hybridized carbons (Fsp3) is 0.588. The van der Waals surface area contributed by atoms with Gasteiger partial charge in [-0.25, -0.2) is 8.42 Å². The first-order chi connectivity index (χ1) is 12.9. The number of rotatable bonds is 8. The van der Waals surface area contributed by atoms with Gasteiger partial charge in [0.15, 0.2) is 11.5 Å². The maximum atomic E-state index is 12.2. The van der Waals surface area contributed by atoms with E-state index in [1.807, 2.05) is 0 Å². The molecule has 0 atom stereocenters. The van der Waals surface area contributed by atoms with Gasteiger partial charge in [0.2, 0.25) is 22.7 Å². The lowest BCUT2D eigenvalue weighted by atomic mass is 10.2. The number of nitrogens with zero attached hydrogens (tertiary/aromatic N) is 2. The van der Waals surface area contributed by atoms with Crippen LogP contribution < -0.4 is 14.8 Å². The van der Waals surface area contributed by atoms with Gasteiger partial charge in [-0.3, -0.25) is 9.69 Å². The third kappa shape index (κ3) is 5.80. The van der Waals surface area contributed by atoms with Gasteiger partial charge >= 0.3 is 0 Å². The molecule has 150 valence electrons. The Morgan fingerprint density at radius 3 is 2.70 bits per heavy atom. The quantitative estimate of drug-likeness (QED) is 0.637. The van der Waals surface area contributed by atoms with Crippen molar-refractivity contribution in [3.05, 3.63) is 23.8 Å². The van der Waals surface area contributed by atoms with E-state index >= 15 is 0 Å². The largest absolute Gasteiger partial charge is 0.454 e. The molecular formula is C17H25N3O6S. The predicted octanol–water partition coefficient (Wildman–Crippen LogP) is -0.375. The number of hydrogen-bond donors (Lipinski definition) is 1. The summed E-state index contributed by atoms with van der Waals surface area (Å²) in [6.07, 6.45) is 1.10. The van der Waals surface area contributed by atoms with Gasteiger partial charge in [0, 0.05) is 32.7 Å². The van der Waals surface area contributed by atoms with Gasteiger partial charge in [-0.05, 0) is 17.7 Å². The van der Waals surface area contributed by atoms with Crippen molar-refractivity contribution in [2.24, 2.45) is 0 Å². The van der Waals surface area contributed by atoms with E-state index in [4.69, 9.17) is 14.2 Å². The molecule has 0 bridgehead atoms. The Balaban J connectivity index is 1.52. The summed E-state index contributed by atoms with van der Waals surface area (Å²) in [5.74, 6) is 0.885. The van der Waals surface area contributed by atoms with Crippen LogP contribution in [0.3, 0.4) is 0 Å². The van der Waals surface area contributed by atoms with Crippen molar-refractivity contribution >= 4 is 15.9 Å². The Morgan fingerprint density at radius 2 is 1.96 bits per heavy atom. The fourth-order valence-electron chi connectivity index (χ4n) is 2.93. The molecule has 27 heavy (non-hydrogen) atoms. The molecule has 10 heteroatoms. The smallest absolute Gasteiger partial charge is 0.235 e. The van der Waals surface area contributed by atoms with E-state index in [9.17, 15) is 13.2 Å². The molecule has 1 aromatic carbocycles. The Morgan fingerprint density at radius 1 is 1.22 bits per heavy atom. The van der Waals surface area contributed by atoms with Crippen LogP contribution in [0.4, 0.5) is 0 Å². The minimum Gasteiger partial charge on any atom is -0.454 e. The maximum Gasteiger partial charge on any atom is 0.235 e. The summed E-state index contributed by atoms with van der Waals surface area (Å²) >= 11 is 0. The Hall–Kier alpha value is -1.88. The van der Waals surface area contributed by atoms with E-state index in [1.165, 1.54) is 0 Å². The van der Waals surface area contributed by atoms with E-state index in [0.717, 1.165) is 35.8 Å². The van der Waals surface area contributed by atoms with Crippen molar-refractivity contribution in [3.63, 3.8) is 0 Å². The summed E-state index contributed by atoms with van der Waals surface area (Å²) in [5, 5.41) is 2.79. The lowest BCUT2D eigenvalue weighted by Crippen LogP contribution is -2.44. The highest BCUT2D eigenvalue weighted by Crippen LogP contribution is 2.32. The number of morpholine rings is 1. The number of sulfonamides is 1. The molecule has 1 saturated heterocycles. The third-order valence-corrected chi connectivity index (χ3v) is 5.64. The number of amides is 1. The van der Waals surface area contributed by atoms with Gasteiger partial charge in [-0.15, -0.1) is 0 Å². The summed E-state index contributed by atoms with van der Waals surface area (Å²) < 4.78 is 41.2. The Labute approximate surface area is 159 Å². The van der Waals surface area contributed by atoms with Crippen molar-refractivity contribution in [3.8, 4) is 11.5 Å². The van der Waals surface area contributed by atoms with Crippen LogP contribution in [-0.2, 0) is 26.1 Å². The molecule has 0 unspecified atom stereocenters. The van der Waals surface area contributed by atoms with Crippen LogP contribution in [0.5, 0.6) is 11.5 Å². The molecule has 9 nitrogen and oxygen atoms in total. The van der Waals surface area contributed by atoms with Crippen molar-refractivity contribution in [2.45, 2.75) is 6.54 Å². The van der Waals surface area contributed by atoms with E-state index in [0.29, 0.717) is 31.3 Å². The minimum absolute atomic E-state index is 0.0896. The molecule has 2 heterocycles. The van der Waals surface area contributed by atoms with Gasteiger partial charge in [0.25, 0.3) is 0 Å². The first-order valence-corrected chi connectivity index (χ1v) is 10.7. The molecule has 0 aliphatic carbocycles. The van der Waals surface area contributed by atoms with Crippen LogP contribution in [0.2, 0.25) is 0 Å². The lowest BCUT2D eigenvalue weighted by Gasteiger charge is -2.26. The third-order valence-electron chi connectivity index (χ3n) is 4.44. The zero-order valence-electron chi connectivity index (χ0n) is 15.3. The van der Waals surface area contributed by atoms with Crippen LogP contribution >= 0.6 is 0 Å². The van der Waals surface area contributed by atoms with E-state index in [-0.39, 0.29) is 25.8 Å². The van der Waals surface area contributed by atoms with Crippen molar-refractivity contribution in [1.29, 1.82) is 0 Å². The summed E-state index contributed by atoms with van der Waals surface area (Å²) in [7, 11) is -3.54. The lowest BCUT2D eigenvalue weighted by molar-refractivity contribution is -0.121. The summed E-state index contributed by atoms with van der Waals surface area (Å²) in [6, 6.07) is 5.24. The average molecular weight is 399 g/mol. The van der Waals surface area contributed by atoms with Crippen molar-refractivity contribution < 1.29 is 27.4 Å². The van der Waals surface area contributed by atoms with E-state index in [2.05, 4.69) is 10.2 Å². The van der Waals surface area contributed by atoms with Crippen LogP contribution in [0.15, 0.2) is 18.2 Å². The predicted molar refractivity (Wildman–Crippen MR) is 98.1 cm³/mol. The molecule has 2 aliphatic heterocycles. The molecule has 1 N–H and O–H groups in total. The first-order valence-electron chi connectivity index (χ1n) is 8.82. The Bertz CT molecular complexity index is 764. The number of benzene rings is 1. The molecule has 2 aliphatic rings. The standard InChI is InChI=1S/C17H25N3O6S/c1-27(22,23)20(11-14-2-3-15-16(10-14)26-13-25-15)12-17(21)18-4-5-19-6-8-24-9-7-19/h2-3,10H,4-9,11-13H2,1H3,(H,18,21). The second kappa shape index (κ2) is 8.87. The number of nitrogens with one attached hydrogen (secondary N) is 1. The van der Waals surface area contributed by atoms with Crippen LogP contribution in [0, 0.1) is 0 Å². The van der Waals surface area contributed by atoms with Crippen LogP contribution in [0.25, 0.3) is 0 Å². The molecule has 0 radical (unpaired) electrons. The molecule has 1 amide bonds. The van der Waals surface area contributed by atoms with Gasteiger partial charge in [-0.2, -0.15) is 4.31 Å². The van der Waals surface area contributed by atoms with Gasteiger partial charge in [-0.1, -0.05) is 6.07 Å². The summed E-state index contributed by atoms with van der Waals surface area (Å²) in [4.78, 5) is 14.4. The molecule has 0 aromatic heterocycles. The van der Waals surface area contributed by atoms with Gasteiger partial charge in [0.1, 0.15) is 0 Å². The molecular weight excluding hydrogens is 374 g/mol. The zero-order valence-corrected chi connectivity index (χ0v) is 16.2. The number of ether oxygens (including phenoxy) is 3. The molecule has 0 spiro atoms. The Kier molecular flexibility index (Phi) is 6.53. The van der Waals surface area contributed by atoms with Gasteiger partial charge < -0.3 is 19.5 Å². The van der Waals surface area contributed by atoms with Crippen LogP contribution in [0.1, 0.15) is 5.56 Å². The fourth-order valence-corrected chi connectivity index (χ4v) is 3.66. The number of fused-ring (bicyclic) bond motifs is 1. The second-order valence-corrected chi connectivity index (χ2v) is 8.51. The zero-order chi connectivity index (χ0) is 19.3. The number of hydrogen-bond acceptors (Lipinski definition) is 7. The van der Waals surface area contributed by atoms with Gasteiger partial charge in [0.05, 0.1) is 26.0 Å². The number of carbonyl (C=O) groups is 1. The normalized spacial score (nSPS) is 17.3. The van der Waals surface area contributed by atoms with Crippen molar-refractivity contribution in [2.75, 3.05) is 59.0 Å². The molecule has 1 aromatic rings. The van der Waals surface area contributed by atoms with Crippen LogP contribution in [-0.4, -0.2) is 82.5 Å². The average Bonchev–Trinajstić information content (AvgIpc) is 3.09. The van der Waals surface area contributed by atoms with E-state index < -0.39 is 10.0 Å². The molecule has 3 rings (SSSR count). The minimum atomic E-state index is -3.54. The second-order valence-electron chi connectivity index (χ2n) is 6.52. The number of carbonyl (C=O) groups excluding carboxylic acids is 1. The topological polar surface area (TPSA) is 97.4 Å². The highest BCUT2D eigenvalue weighted by Gasteiger charge is 2.22. The molecule has 1 fully saturated rings. The highest BCUT2D eigenvalue weighted by atomic mass is 32.2. The van der Waals surface area contributed by atoms with E-state index in [1.54, 1.807) is 18.2 Å². The SMILES string of the molecule is CS(=O)(=O)N(CC(=O)NCCN1CCOCC1)Cc1ccc2c(c1)OCO2. The first kappa shape index (κ1) is 19.9. The maximum absolute atomic E-state index is 12.2. The summed E-state index contributed by atoms with van der Waals surface area (Å²) in [6.45, 7) is 4.29. The molecule has 0 saturated carbocycles. The monoisotopic (exact) mass is 399 g/mol. The summed E-state index contributed by atoms with van der Waals surface area (Å²) in [5.41, 5.74) is 0.728. The highest BCUT2D eigenvalue weighted by molar-refractivity contribution is 7.88. The van der Waals surface area contributed by atoms with Crippen molar-refractivity contribution in [1.82, 2.24) is 14.5 Å².